The molecular weight excluding hydrogens is 603 g/mol. The molecule has 0 aliphatic heterocycles. The van der Waals surface area contributed by atoms with Crippen molar-refractivity contribution in [2.45, 2.75) is 0 Å². The molecule has 5 nitrogen and oxygen atoms in total. The van der Waals surface area contributed by atoms with E-state index in [4.69, 9.17) is 8.83 Å². The molecule has 0 aliphatic carbocycles. The Morgan fingerprint density at radius 2 is 0.878 bits per heavy atom. The number of fused-ring (bicyclic) bond motifs is 12. The number of rotatable bonds is 2. The topological polar surface area (TPSA) is 78.3 Å². The van der Waals surface area contributed by atoms with E-state index in [-0.39, 0.29) is 0 Å². The van der Waals surface area contributed by atoms with Gasteiger partial charge in [0.2, 0.25) is 0 Å². The first-order chi connectivity index (χ1) is 24.2. The van der Waals surface area contributed by atoms with Crippen LogP contribution in [0.2, 0.25) is 0 Å². The number of benzene rings is 7. The summed E-state index contributed by atoms with van der Waals surface area (Å²) in [6.07, 6.45) is 0. The van der Waals surface area contributed by atoms with Crippen LogP contribution >= 0.6 is 0 Å². The molecule has 49 heavy (non-hydrogen) atoms. The van der Waals surface area contributed by atoms with Crippen molar-refractivity contribution < 1.29 is 8.83 Å². The molecule has 0 spiro atoms. The SMILES string of the molecule is N#Cc1ccc2c3c(-c4cccc5oc6ccccc6c45)cc(-c4cccc5oc6ccccc6c45)c4c5ccc(C#N)cc5n(c2c1)c34. The van der Waals surface area contributed by atoms with E-state index >= 15 is 0 Å². The predicted molar refractivity (Wildman–Crippen MR) is 196 cm³/mol. The highest BCUT2D eigenvalue weighted by Gasteiger charge is 2.27. The number of hydrogen-bond donors (Lipinski definition) is 0. The van der Waals surface area contributed by atoms with E-state index in [9.17, 15) is 10.5 Å². The minimum atomic E-state index is 0.581. The lowest BCUT2D eigenvalue weighted by molar-refractivity contribution is 0.668. The van der Waals surface area contributed by atoms with Crippen molar-refractivity contribution in [2.75, 3.05) is 0 Å². The zero-order valence-corrected chi connectivity index (χ0v) is 25.8. The van der Waals surface area contributed by atoms with Gasteiger partial charge in [-0.2, -0.15) is 10.5 Å². The van der Waals surface area contributed by atoms with Gasteiger partial charge in [-0.1, -0.05) is 72.8 Å². The van der Waals surface area contributed by atoms with Crippen molar-refractivity contribution in [2.24, 2.45) is 0 Å². The van der Waals surface area contributed by atoms with Crippen molar-refractivity contribution in [3.05, 3.63) is 139 Å². The normalized spacial score (nSPS) is 12.0. The zero-order valence-electron chi connectivity index (χ0n) is 25.8. The van der Waals surface area contributed by atoms with Gasteiger partial charge in [0.15, 0.2) is 0 Å². The van der Waals surface area contributed by atoms with Gasteiger partial charge in [-0.25, -0.2) is 0 Å². The summed E-state index contributed by atoms with van der Waals surface area (Å²) in [4.78, 5) is 0. The van der Waals surface area contributed by atoms with Crippen LogP contribution in [0.5, 0.6) is 0 Å². The van der Waals surface area contributed by atoms with Crippen molar-refractivity contribution >= 4 is 82.0 Å². The van der Waals surface area contributed by atoms with Gasteiger partial charge in [-0.3, -0.25) is 0 Å². The van der Waals surface area contributed by atoms with Gasteiger partial charge >= 0.3 is 0 Å². The maximum atomic E-state index is 9.99. The van der Waals surface area contributed by atoms with Gasteiger partial charge in [-0.15, -0.1) is 0 Å². The molecule has 0 saturated heterocycles. The summed E-state index contributed by atoms with van der Waals surface area (Å²) in [7, 11) is 0. The van der Waals surface area contributed by atoms with Crippen LogP contribution in [0.25, 0.3) is 104 Å². The van der Waals surface area contributed by atoms with Crippen molar-refractivity contribution in [3.63, 3.8) is 0 Å². The molecule has 0 bridgehead atoms. The third kappa shape index (κ3) is 3.31. The molecule has 4 aromatic heterocycles. The van der Waals surface area contributed by atoms with Crippen molar-refractivity contribution in [1.82, 2.24) is 4.40 Å². The Kier molecular flexibility index (Phi) is 4.92. The Hall–Kier alpha value is -7.08. The molecule has 0 fully saturated rings. The number of nitrogens with zero attached hydrogens (tertiary/aromatic N) is 3. The molecule has 0 N–H and O–H groups in total. The van der Waals surface area contributed by atoms with E-state index in [1.165, 1.54) is 0 Å². The molecule has 224 valence electrons. The van der Waals surface area contributed by atoms with Crippen LogP contribution in [0.4, 0.5) is 0 Å². The Balaban J connectivity index is 1.43. The van der Waals surface area contributed by atoms with E-state index in [1.54, 1.807) is 0 Å². The van der Waals surface area contributed by atoms with Gasteiger partial charge in [0.25, 0.3) is 0 Å². The highest BCUT2D eigenvalue weighted by atomic mass is 16.3. The lowest BCUT2D eigenvalue weighted by Crippen LogP contribution is -1.88. The first-order valence-electron chi connectivity index (χ1n) is 16.1. The third-order valence-corrected chi connectivity index (χ3v) is 10.2. The Labute approximate surface area is 278 Å². The zero-order chi connectivity index (χ0) is 32.4. The summed E-state index contributed by atoms with van der Waals surface area (Å²) in [5, 5.41) is 28.5. The first-order valence-corrected chi connectivity index (χ1v) is 16.1. The third-order valence-electron chi connectivity index (χ3n) is 10.2. The summed E-state index contributed by atoms with van der Waals surface area (Å²) in [5.74, 6) is 0. The van der Waals surface area contributed by atoms with E-state index in [0.717, 1.165) is 104 Å². The standard InChI is InChI=1S/C44H21N3O2/c45-22-24-15-17-28-34(19-24)47-35-20-25(23-46)16-18-29(35)43-33(27-10-6-14-39-41(27)31-8-2-4-12-37(31)49-39)21-32(42(28)44(43)47)26-9-5-13-38-40(26)30-7-1-3-11-36(30)48-38/h1-21H. The molecule has 0 amide bonds. The Morgan fingerprint density at radius 1 is 0.408 bits per heavy atom. The lowest BCUT2D eigenvalue weighted by Gasteiger charge is -2.13. The average Bonchev–Trinajstić information content (AvgIpc) is 3.90. The van der Waals surface area contributed by atoms with Crippen LogP contribution in [0.1, 0.15) is 11.1 Å². The number of aromatic nitrogens is 1. The number of furan rings is 2. The fraction of sp³-hybridized carbons (Fsp3) is 0. The summed E-state index contributed by atoms with van der Waals surface area (Å²) in [5.41, 5.74) is 11.7. The molecule has 5 heteroatoms. The maximum absolute atomic E-state index is 9.99. The predicted octanol–water partition coefficient (Wildman–Crippen LogP) is 11.7. The molecule has 11 aromatic rings. The second-order valence-corrected chi connectivity index (χ2v) is 12.6. The summed E-state index contributed by atoms with van der Waals surface area (Å²) >= 11 is 0. The minimum absolute atomic E-state index is 0.581. The molecule has 0 unspecified atom stereocenters. The second-order valence-electron chi connectivity index (χ2n) is 12.6. The minimum Gasteiger partial charge on any atom is -0.456 e. The highest BCUT2D eigenvalue weighted by Crippen LogP contribution is 2.51. The largest absolute Gasteiger partial charge is 0.456 e. The molecule has 7 aromatic carbocycles. The van der Waals surface area contributed by atoms with Gasteiger partial charge < -0.3 is 13.2 Å². The summed E-state index contributed by atoms with van der Waals surface area (Å²) < 4.78 is 15.0. The monoisotopic (exact) mass is 623 g/mol. The lowest BCUT2D eigenvalue weighted by atomic mass is 9.88. The van der Waals surface area contributed by atoms with Crippen LogP contribution in [0.3, 0.4) is 0 Å². The van der Waals surface area contributed by atoms with Gasteiger partial charge in [0.05, 0.1) is 39.8 Å². The molecule has 0 saturated carbocycles. The molecular formula is C44H21N3O2. The van der Waals surface area contributed by atoms with Crippen LogP contribution in [-0.2, 0) is 0 Å². The van der Waals surface area contributed by atoms with Crippen molar-refractivity contribution in [1.29, 1.82) is 10.5 Å². The van der Waals surface area contributed by atoms with Crippen LogP contribution < -0.4 is 0 Å². The summed E-state index contributed by atoms with van der Waals surface area (Å²) in [6.45, 7) is 0. The Bertz CT molecular complexity index is 3090. The van der Waals surface area contributed by atoms with Gasteiger partial charge in [0.1, 0.15) is 22.3 Å². The van der Waals surface area contributed by atoms with Crippen molar-refractivity contribution in [3.8, 4) is 34.4 Å². The maximum Gasteiger partial charge on any atom is 0.136 e. The van der Waals surface area contributed by atoms with Crippen LogP contribution in [-0.4, -0.2) is 4.40 Å². The molecule has 0 radical (unpaired) electrons. The molecule has 11 rings (SSSR count). The quantitative estimate of drug-likeness (QED) is 0.192. The number of nitriles is 2. The van der Waals surface area contributed by atoms with Crippen LogP contribution in [0, 0.1) is 22.7 Å². The first kappa shape index (κ1) is 26.0. The molecule has 0 atom stereocenters. The van der Waals surface area contributed by atoms with E-state index < -0.39 is 0 Å². The van der Waals surface area contributed by atoms with Gasteiger partial charge in [-0.05, 0) is 76.9 Å². The highest BCUT2D eigenvalue weighted by molar-refractivity contribution is 6.33. The fourth-order valence-corrected chi connectivity index (χ4v) is 8.23. The molecule has 4 heterocycles. The van der Waals surface area contributed by atoms with E-state index in [0.29, 0.717) is 11.1 Å². The number of hydrogen-bond acceptors (Lipinski definition) is 4. The molecule has 0 aliphatic rings. The fourth-order valence-electron chi connectivity index (χ4n) is 8.23. The van der Waals surface area contributed by atoms with E-state index in [1.807, 2.05) is 60.7 Å². The Morgan fingerprint density at radius 3 is 1.37 bits per heavy atom. The summed E-state index contributed by atoms with van der Waals surface area (Å²) in [6, 6.07) is 47.8. The second kappa shape index (κ2) is 9.26. The smallest absolute Gasteiger partial charge is 0.136 e. The van der Waals surface area contributed by atoms with Crippen LogP contribution in [0.15, 0.2) is 136 Å². The average molecular weight is 624 g/mol. The van der Waals surface area contributed by atoms with Gasteiger partial charge in [0, 0.05) is 43.1 Å². The van der Waals surface area contributed by atoms with E-state index in [2.05, 4.69) is 83.3 Å². The number of para-hydroxylation sites is 2.